The molecular weight excluding hydrogens is 315 g/mol. The number of allylic oxidation sites excluding steroid dienone is 1. The molecular formula is C17H11F5O. The zero-order chi connectivity index (χ0) is 16.7. The van der Waals surface area contributed by atoms with Gasteiger partial charge >= 0.3 is 0 Å². The lowest BCUT2D eigenvalue weighted by Gasteiger charge is -2.21. The van der Waals surface area contributed by atoms with E-state index < -0.39 is 34.6 Å². The second kappa shape index (κ2) is 5.68. The number of benzene rings is 2. The van der Waals surface area contributed by atoms with Gasteiger partial charge in [0.1, 0.15) is 5.75 Å². The van der Waals surface area contributed by atoms with Crippen molar-refractivity contribution in [3.63, 3.8) is 0 Å². The molecule has 0 atom stereocenters. The van der Waals surface area contributed by atoms with Gasteiger partial charge in [-0.2, -0.15) is 0 Å². The molecule has 0 saturated heterocycles. The standard InChI is InChI=1S/C17H11F5O/c1-23-11-7-3-4-8-9(11)5-2-6-10(8)12-13(18)15(20)17(22)16(21)14(12)19/h3-4,6-7H,2,5H2,1H3. The van der Waals surface area contributed by atoms with Crippen LogP contribution in [0.15, 0.2) is 24.3 Å². The van der Waals surface area contributed by atoms with Crippen molar-refractivity contribution in [3.8, 4) is 5.75 Å². The first kappa shape index (κ1) is 15.5. The van der Waals surface area contributed by atoms with Gasteiger partial charge in [-0.25, -0.2) is 22.0 Å². The summed E-state index contributed by atoms with van der Waals surface area (Å²) < 4.78 is 73.5. The Labute approximate surface area is 129 Å². The van der Waals surface area contributed by atoms with Gasteiger partial charge in [-0.15, -0.1) is 0 Å². The molecule has 2 aromatic rings. The molecule has 0 unspecified atom stereocenters. The molecule has 23 heavy (non-hydrogen) atoms. The highest BCUT2D eigenvalue weighted by Crippen LogP contribution is 2.39. The molecule has 0 saturated carbocycles. The minimum atomic E-state index is -2.16. The summed E-state index contributed by atoms with van der Waals surface area (Å²) >= 11 is 0. The van der Waals surface area contributed by atoms with Crippen LogP contribution in [0.1, 0.15) is 23.1 Å². The molecule has 0 amide bonds. The minimum absolute atomic E-state index is 0.0158. The number of halogens is 5. The Kier molecular flexibility index (Phi) is 3.83. The van der Waals surface area contributed by atoms with Gasteiger partial charge in [0.25, 0.3) is 0 Å². The highest BCUT2D eigenvalue weighted by molar-refractivity contribution is 5.84. The topological polar surface area (TPSA) is 9.23 Å². The summed E-state index contributed by atoms with van der Waals surface area (Å²) in [4.78, 5) is 0. The summed E-state index contributed by atoms with van der Waals surface area (Å²) in [7, 11) is 1.45. The van der Waals surface area contributed by atoms with Gasteiger partial charge in [-0.1, -0.05) is 18.2 Å². The lowest BCUT2D eigenvalue weighted by atomic mass is 9.86. The molecule has 0 spiro atoms. The van der Waals surface area contributed by atoms with Crippen molar-refractivity contribution >= 4 is 5.57 Å². The second-order valence-electron chi connectivity index (χ2n) is 5.09. The average Bonchev–Trinajstić information content (AvgIpc) is 2.58. The molecule has 0 N–H and O–H groups in total. The molecule has 0 bridgehead atoms. The molecule has 1 nitrogen and oxygen atoms in total. The Morgan fingerprint density at radius 3 is 2.09 bits per heavy atom. The van der Waals surface area contributed by atoms with Gasteiger partial charge in [-0.3, -0.25) is 0 Å². The van der Waals surface area contributed by atoms with E-state index in [0.29, 0.717) is 29.7 Å². The Balaban J connectivity index is 2.29. The smallest absolute Gasteiger partial charge is 0.200 e. The summed E-state index contributed by atoms with van der Waals surface area (Å²) in [5, 5.41) is 0. The largest absolute Gasteiger partial charge is 0.496 e. The van der Waals surface area contributed by atoms with E-state index in [-0.39, 0.29) is 5.57 Å². The van der Waals surface area contributed by atoms with Gasteiger partial charge in [0.2, 0.25) is 5.82 Å². The first-order chi connectivity index (χ1) is 11.0. The van der Waals surface area contributed by atoms with Crippen molar-refractivity contribution in [2.45, 2.75) is 12.8 Å². The van der Waals surface area contributed by atoms with Crippen LogP contribution in [0.2, 0.25) is 0 Å². The third-order valence-electron chi connectivity index (χ3n) is 3.87. The van der Waals surface area contributed by atoms with Crippen molar-refractivity contribution in [1.82, 2.24) is 0 Å². The normalized spacial score (nSPS) is 13.6. The molecule has 1 aliphatic carbocycles. The van der Waals surface area contributed by atoms with Gasteiger partial charge in [0.15, 0.2) is 23.3 Å². The Bertz CT molecular complexity index is 797. The highest BCUT2D eigenvalue weighted by Gasteiger charge is 2.30. The molecule has 0 aromatic heterocycles. The van der Waals surface area contributed by atoms with E-state index in [1.54, 1.807) is 18.2 Å². The lowest BCUT2D eigenvalue weighted by Crippen LogP contribution is -2.10. The monoisotopic (exact) mass is 326 g/mol. The number of rotatable bonds is 2. The van der Waals surface area contributed by atoms with E-state index in [4.69, 9.17) is 4.74 Å². The lowest BCUT2D eigenvalue weighted by molar-refractivity contribution is 0.376. The number of fused-ring (bicyclic) bond motifs is 1. The highest BCUT2D eigenvalue weighted by atomic mass is 19.2. The SMILES string of the molecule is COc1cccc2c1CCC=C2c1c(F)c(F)c(F)c(F)c1F. The summed E-state index contributed by atoms with van der Waals surface area (Å²) in [5.74, 6) is -9.21. The molecule has 2 aromatic carbocycles. The third kappa shape index (κ3) is 2.29. The maximum Gasteiger partial charge on any atom is 0.200 e. The summed E-state index contributed by atoms with van der Waals surface area (Å²) in [6.07, 6.45) is 2.43. The quantitative estimate of drug-likeness (QED) is 0.439. The van der Waals surface area contributed by atoms with Crippen LogP contribution in [0.5, 0.6) is 5.75 Å². The predicted molar refractivity (Wildman–Crippen MR) is 74.6 cm³/mol. The molecule has 120 valence electrons. The van der Waals surface area contributed by atoms with E-state index in [1.807, 2.05) is 0 Å². The van der Waals surface area contributed by atoms with Gasteiger partial charge in [0.05, 0.1) is 12.7 Å². The molecule has 0 fully saturated rings. The van der Waals surface area contributed by atoms with Crippen LogP contribution < -0.4 is 4.74 Å². The van der Waals surface area contributed by atoms with Crippen LogP contribution in [0.25, 0.3) is 5.57 Å². The zero-order valence-corrected chi connectivity index (χ0v) is 12.0. The van der Waals surface area contributed by atoms with Crippen molar-refractivity contribution in [1.29, 1.82) is 0 Å². The van der Waals surface area contributed by atoms with E-state index in [0.717, 1.165) is 0 Å². The zero-order valence-electron chi connectivity index (χ0n) is 12.0. The molecule has 0 radical (unpaired) electrons. The molecule has 3 rings (SSSR count). The van der Waals surface area contributed by atoms with Gasteiger partial charge < -0.3 is 4.74 Å². The van der Waals surface area contributed by atoms with Crippen LogP contribution in [-0.4, -0.2) is 7.11 Å². The van der Waals surface area contributed by atoms with Crippen LogP contribution >= 0.6 is 0 Å². The van der Waals surface area contributed by atoms with Crippen LogP contribution in [0.4, 0.5) is 22.0 Å². The van der Waals surface area contributed by atoms with Gasteiger partial charge in [-0.05, 0) is 30.0 Å². The number of methoxy groups -OCH3 is 1. The average molecular weight is 326 g/mol. The first-order valence-corrected chi connectivity index (χ1v) is 6.85. The fraction of sp³-hybridized carbons (Fsp3) is 0.176. The maximum atomic E-state index is 14.1. The van der Waals surface area contributed by atoms with Crippen molar-refractivity contribution < 1.29 is 26.7 Å². The van der Waals surface area contributed by atoms with E-state index in [2.05, 4.69) is 0 Å². The van der Waals surface area contributed by atoms with Crippen LogP contribution in [0.3, 0.4) is 0 Å². The van der Waals surface area contributed by atoms with E-state index in [9.17, 15) is 22.0 Å². The Morgan fingerprint density at radius 1 is 0.870 bits per heavy atom. The minimum Gasteiger partial charge on any atom is -0.496 e. The number of hydrogen-bond donors (Lipinski definition) is 0. The first-order valence-electron chi connectivity index (χ1n) is 6.85. The predicted octanol–water partition coefficient (Wildman–Crippen LogP) is 4.77. The number of ether oxygens (including phenoxy) is 1. The summed E-state index contributed by atoms with van der Waals surface area (Å²) in [5.41, 5.74) is 0.156. The Morgan fingerprint density at radius 2 is 1.48 bits per heavy atom. The Hall–Kier alpha value is -2.37. The van der Waals surface area contributed by atoms with Crippen molar-refractivity contribution in [2.24, 2.45) is 0 Å². The van der Waals surface area contributed by atoms with Crippen molar-refractivity contribution in [3.05, 3.63) is 70.1 Å². The molecule has 1 aliphatic rings. The maximum absolute atomic E-state index is 14.1. The molecule has 6 heteroatoms. The summed E-state index contributed by atoms with van der Waals surface area (Å²) in [6, 6.07) is 4.85. The molecule has 0 aliphatic heterocycles. The van der Waals surface area contributed by atoms with Crippen LogP contribution in [0, 0.1) is 29.1 Å². The van der Waals surface area contributed by atoms with Gasteiger partial charge in [0, 0.05) is 5.56 Å². The second-order valence-corrected chi connectivity index (χ2v) is 5.09. The molecule has 0 heterocycles. The number of hydrogen-bond acceptors (Lipinski definition) is 1. The third-order valence-corrected chi connectivity index (χ3v) is 3.87. The summed E-state index contributed by atoms with van der Waals surface area (Å²) in [6.45, 7) is 0. The van der Waals surface area contributed by atoms with Crippen LogP contribution in [-0.2, 0) is 6.42 Å². The van der Waals surface area contributed by atoms with Crippen molar-refractivity contribution in [2.75, 3.05) is 7.11 Å². The van der Waals surface area contributed by atoms with E-state index in [1.165, 1.54) is 13.2 Å². The fourth-order valence-corrected chi connectivity index (χ4v) is 2.82. The van der Waals surface area contributed by atoms with E-state index >= 15 is 0 Å². The fourth-order valence-electron chi connectivity index (χ4n) is 2.82.